The van der Waals surface area contributed by atoms with Gasteiger partial charge in [-0.3, -0.25) is 14.9 Å². The summed E-state index contributed by atoms with van der Waals surface area (Å²) in [7, 11) is 1.30. The molecule has 3 aromatic rings. The van der Waals surface area contributed by atoms with Crippen LogP contribution in [0.2, 0.25) is 5.02 Å². The van der Waals surface area contributed by atoms with Crippen LogP contribution >= 0.6 is 22.9 Å². The summed E-state index contributed by atoms with van der Waals surface area (Å²) in [6, 6.07) is 8.64. The second kappa shape index (κ2) is 9.82. The monoisotopic (exact) mass is 463 g/mol. The maximum atomic E-state index is 12.8. The molecule has 0 N–H and O–H groups in total. The Bertz CT molecular complexity index is 1230. The van der Waals surface area contributed by atoms with Crippen LogP contribution in [0.25, 0.3) is 10.2 Å². The van der Waals surface area contributed by atoms with E-state index in [9.17, 15) is 19.7 Å². The van der Waals surface area contributed by atoms with Gasteiger partial charge in [0.1, 0.15) is 0 Å². The molecule has 3 rings (SSSR count). The third-order valence-electron chi connectivity index (χ3n) is 4.36. The lowest BCUT2D eigenvalue weighted by Gasteiger charge is -2.06. The fourth-order valence-corrected chi connectivity index (χ4v) is 4.15. The van der Waals surface area contributed by atoms with Crippen molar-refractivity contribution >= 4 is 50.7 Å². The lowest BCUT2D eigenvalue weighted by molar-refractivity contribution is -0.384. The summed E-state index contributed by atoms with van der Waals surface area (Å²) in [6.45, 7) is 3.21. The molecule has 1 heterocycles. The molecular weight excluding hydrogens is 446 g/mol. The van der Waals surface area contributed by atoms with Crippen molar-refractivity contribution in [3.63, 3.8) is 0 Å². The molecule has 0 aliphatic carbocycles. The zero-order valence-electron chi connectivity index (χ0n) is 16.7. The highest BCUT2D eigenvalue weighted by Crippen LogP contribution is 2.24. The number of rotatable bonds is 7. The summed E-state index contributed by atoms with van der Waals surface area (Å²) in [5.74, 6) is -1.19. The minimum atomic E-state index is -0.710. The smallest absolute Gasteiger partial charge is 0.337 e. The Kier molecular flexibility index (Phi) is 7.16. The van der Waals surface area contributed by atoms with Gasteiger partial charge in [0.25, 0.3) is 11.6 Å². The zero-order valence-corrected chi connectivity index (χ0v) is 18.2. The lowest BCUT2D eigenvalue weighted by Crippen LogP contribution is -2.20. The number of nitrogens with zero attached hydrogens (tertiary/aromatic N) is 3. The molecule has 0 saturated carbocycles. The van der Waals surface area contributed by atoms with Crippen LogP contribution in [-0.2, 0) is 16.0 Å². The van der Waals surface area contributed by atoms with Gasteiger partial charge in [0.05, 0.1) is 45.0 Å². The van der Waals surface area contributed by atoms with Crippen molar-refractivity contribution < 1.29 is 24.0 Å². The summed E-state index contributed by atoms with van der Waals surface area (Å²) in [6.07, 6.45) is 0. The van der Waals surface area contributed by atoms with Crippen LogP contribution in [0.1, 0.15) is 27.6 Å². The maximum absolute atomic E-state index is 12.8. The summed E-state index contributed by atoms with van der Waals surface area (Å²) in [5.41, 5.74) is 0.799. The summed E-state index contributed by atoms with van der Waals surface area (Å²) in [5, 5.41) is 11.1. The minimum absolute atomic E-state index is 0.0642. The maximum Gasteiger partial charge on any atom is 0.337 e. The number of carbonyl (C=O) groups excluding carboxylic acids is 2. The largest absolute Gasteiger partial charge is 0.465 e. The second-order valence-corrected chi connectivity index (χ2v) is 7.66. The van der Waals surface area contributed by atoms with Crippen molar-refractivity contribution in [3.8, 4) is 0 Å². The standard InChI is InChI=1S/C20H18ClN3O6S/c1-3-30-9-8-23-16-7-4-12(19(26)29-2)10-17(16)31-20(23)22-18(25)14-11-13(24(27)28)5-6-15(14)21/h4-7,10-11H,3,8-9H2,1-2H3. The first kappa shape index (κ1) is 22.6. The quantitative estimate of drug-likeness (QED) is 0.228. The molecule has 9 nitrogen and oxygen atoms in total. The van der Waals surface area contributed by atoms with Crippen molar-refractivity contribution in [3.05, 3.63) is 67.5 Å². The number of aromatic nitrogens is 1. The van der Waals surface area contributed by atoms with E-state index in [0.717, 1.165) is 16.3 Å². The van der Waals surface area contributed by atoms with E-state index in [1.807, 2.05) is 6.92 Å². The van der Waals surface area contributed by atoms with E-state index in [-0.39, 0.29) is 16.3 Å². The third kappa shape index (κ3) is 4.98. The molecule has 0 unspecified atom stereocenters. The number of amides is 1. The van der Waals surface area contributed by atoms with Crippen LogP contribution in [0, 0.1) is 10.1 Å². The molecule has 0 atom stereocenters. The molecule has 11 heteroatoms. The molecule has 1 aromatic heterocycles. The van der Waals surface area contributed by atoms with Crippen molar-refractivity contribution in [2.45, 2.75) is 13.5 Å². The van der Waals surface area contributed by atoms with Gasteiger partial charge in [-0.05, 0) is 31.2 Å². The number of methoxy groups -OCH3 is 1. The fraction of sp³-hybridized carbons (Fsp3) is 0.250. The number of nitro benzene ring substituents is 1. The van der Waals surface area contributed by atoms with Gasteiger partial charge in [0.15, 0.2) is 4.80 Å². The molecule has 0 spiro atoms. The summed E-state index contributed by atoms with van der Waals surface area (Å²) >= 11 is 7.27. The van der Waals surface area contributed by atoms with E-state index in [4.69, 9.17) is 21.1 Å². The van der Waals surface area contributed by atoms with E-state index in [0.29, 0.717) is 30.1 Å². The summed E-state index contributed by atoms with van der Waals surface area (Å²) in [4.78, 5) is 39.6. The van der Waals surface area contributed by atoms with Crippen LogP contribution in [-0.4, -0.2) is 41.7 Å². The number of thiazole rings is 1. The number of hydrogen-bond donors (Lipinski definition) is 0. The Balaban J connectivity index is 2.12. The number of esters is 1. The van der Waals surface area contributed by atoms with Gasteiger partial charge < -0.3 is 14.0 Å². The van der Waals surface area contributed by atoms with Crippen molar-refractivity contribution in [2.24, 2.45) is 4.99 Å². The van der Waals surface area contributed by atoms with Crippen molar-refractivity contribution in [1.82, 2.24) is 4.57 Å². The first-order chi connectivity index (χ1) is 14.8. The number of hydrogen-bond acceptors (Lipinski definition) is 7. The van der Waals surface area contributed by atoms with Gasteiger partial charge in [-0.15, -0.1) is 0 Å². The molecule has 162 valence electrons. The Morgan fingerprint density at radius 3 is 2.71 bits per heavy atom. The van der Waals surface area contributed by atoms with Crippen molar-refractivity contribution in [2.75, 3.05) is 20.3 Å². The molecule has 0 aliphatic rings. The van der Waals surface area contributed by atoms with Gasteiger partial charge in [0.2, 0.25) is 0 Å². The number of non-ortho nitro benzene ring substituents is 1. The highest BCUT2D eigenvalue weighted by atomic mass is 35.5. The van der Waals surface area contributed by atoms with Gasteiger partial charge in [-0.25, -0.2) is 4.79 Å². The number of benzene rings is 2. The lowest BCUT2D eigenvalue weighted by atomic mass is 10.2. The number of halogens is 1. The van der Waals surface area contributed by atoms with E-state index in [1.165, 1.54) is 30.6 Å². The van der Waals surface area contributed by atoms with Crippen molar-refractivity contribution in [1.29, 1.82) is 0 Å². The first-order valence-electron chi connectivity index (χ1n) is 9.18. The number of nitro groups is 1. The molecule has 0 bridgehead atoms. The molecule has 0 fully saturated rings. The van der Waals surface area contributed by atoms with Crippen LogP contribution in [0.3, 0.4) is 0 Å². The highest BCUT2D eigenvalue weighted by Gasteiger charge is 2.17. The van der Waals surface area contributed by atoms with Crippen LogP contribution in [0.5, 0.6) is 0 Å². The topological polar surface area (TPSA) is 113 Å². The van der Waals surface area contributed by atoms with Crippen LogP contribution in [0.4, 0.5) is 5.69 Å². The number of ether oxygens (including phenoxy) is 2. The van der Waals surface area contributed by atoms with Gasteiger partial charge in [-0.1, -0.05) is 22.9 Å². The van der Waals surface area contributed by atoms with E-state index in [2.05, 4.69) is 4.99 Å². The summed E-state index contributed by atoms with van der Waals surface area (Å²) < 4.78 is 12.7. The zero-order chi connectivity index (χ0) is 22.5. The number of fused-ring (bicyclic) bond motifs is 1. The molecule has 0 radical (unpaired) electrons. The Hall–Kier alpha value is -3.08. The molecule has 0 saturated heterocycles. The van der Waals surface area contributed by atoms with E-state index >= 15 is 0 Å². The molecule has 0 aliphatic heterocycles. The Morgan fingerprint density at radius 2 is 2.03 bits per heavy atom. The van der Waals surface area contributed by atoms with Gasteiger partial charge in [0, 0.05) is 25.3 Å². The highest BCUT2D eigenvalue weighted by molar-refractivity contribution is 7.16. The third-order valence-corrected chi connectivity index (χ3v) is 5.73. The normalized spacial score (nSPS) is 11.6. The predicted molar refractivity (Wildman–Crippen MR) is 116 cm³/mol. The molecule has 1 amide bonds. The predicted octanol–water partition coefficient (Wildman–Crippen LogP) is 3.83. The fourth-order valence-electron chi connectivity index (χ4n) is 2.86. The SMILES string of the molecule is CCOCCn1c(=NC(=O)c2cc([N+](=O)[O-])ccc2Cl)sc2cc(C(=O)OC)ccc21. The molecular formula is C20H18ClN3O6S. The minimum Gasteiger partial charge on any atom is -0.465 e. The first-order valence-corrected chi connectivity index (χ1v) is 10.4. The second-order valence-electron chi connectivity index (χ2n) is 6.25. The van der Waals surface area contributed by atoms with E-state index < -0.39 is 16.8 Å². The average Bonchev–Trinajstić information content (AvgIpc) is 3.09. The van der Waals surface area contributed by atoms with Crippen LogP contribution < -0.4 is 4.80 Å². The molecule has 2 aromatic carbocycles. The molecule has 31 heavy (non-hydrogen) atoms. The Labute approximate surface area is 185 Å². The van der Waals surface area contributed by atoms with Crippen LogP contribution in [0.15, 0.2) is 41.4 Å². The van der Waals surface area contributed by atoms with Gasteiger partial charge in [-0.2, -0.15) is 4.99 Å². The Morgan fingerprint density at radius 1 is 1.26 bits per heavy atom. The van der Waals surface area contributed by atoms with Gasteiger partial charge >= 0.3 is 5.97 Å². The number of carbonyl (C=O) groups is 2. The van der Waals surface area contributed by atoms with E-state index in [1.54, 1.807) is 22.8 Å². The average molecular weight is 464 g/mol.